The monoisotopic (exact) mass is 450 g/mol. The highest BCUT2D eigenvalue weighted by Gasteiger charge is 2.40. The van der Waals surface area contributed by atoms with E-state index in [0.717, 1.165) is 45.9 Å². The van der Waals surface area contributed by atoms with Gasteiger partial charge in [-0.05, 0) is 41.5 Å². The van der Waals surface area contributed by atoms with E-state index in [1.807, 2.05) is 77.8 Å². The summed E-state index contributed by atoms with van der Waals surface area (Å²) in [5.74, 6) is 1.39. The zero-order chi connectivity index (χ0) is 22.9. The lowest BCUT2D eigenvalue weighted by atomic mass is 9.96. The second-order valence-electron chi connectivity index (χ2n) is 8.51. The summed E-state index contributed by atoms with van der Waals surface area (Å²) in [5.41, 5.74) is 5.04. The lowest BCUT2D eigenvalue weighted by molar-refractivity contribution is -0.0191. The number of rotatable bonds is 5. The first-order chi connectivity index (χ1) is 16.7. The predicted octanol–water partition coefficient (Wildman–Crippen LogP) is 6.65. The number of benzene rings is 4. The van der Waals surface area contributed by atoms with Crippen LogP contribution in [0, 0.1) is 5.82 Å². The molecule has 0 bridgehead atoms. The van der Waals surface area contributed by atoms with E-state index in [0.29, 0.717) is 6.61 Å². The van der Waals surface area contributed by atoms with Crippen LogP contribution in [-0.2, 0) is 6.61 Å². The molecule has 2 aliphatic heterocycles. The molecule has 0 amide bonds. The van der Waals surface area contributed by atoms with Crippen molar-refractivity contribution in [3.63, 3.8) is 0 Å². The van der Waals surface area contributed by atoms with Gasteiger partial charge in [0.25, 0.3) is 0 Å². The average Bonchev–Trinajstić information content (AvgIpc) is 3.34. The topological polar surface area (TPSA) is 34.1 Å². The van der Waals surface area contributed by atoms with Crippen LogP contribution in [0.5, 0.6) is 11.5 Å². The second kappa shape index (κ2) is 8.67. The first-order valence-electron chi connectivity index (χ1n) is 11.4. The fraction of sp³-hybridized carbons (Fsp3) is 0.138. The van der Waals surface area contributed by atoms with Gasteiger partial charge in [0.1, 0.15) is 23.9 Å². The van der Waals surface area contributed by atoms with E-state index in [1.165, 1.54) is 12.1 Å². The second-order valence-corrected chi connectivity index (χ2v) is 8.51. The van der Waals surface area contributed by atoms with Crippen molar-refractivity contribution in [2.75, 3.05) is 0 Å². The summed E-state index contributed by atoms with van der Waals surface area (Å²) >= 11 is 0. The van der Waals surface area contributed by atoms with E-state index in [9.17, 15) is 4.39 Å². The van der Waals surface area contributed by atoms with Crippen LogP contribution in [0.4, 0.5) is 4.39 Å². The number of hydrogen-bond donors (Lipinski definition) is 0. The van der Waals surface area contributed by atoms with E-state index in [1.54, 1.807) is 12.1 Å². The molecule has 34 heavy (non-hydrogen) atoms. The van der Waals surface area contributed by atoms with Gasteiger partial charge in [-0.15, -0.1) is 0 Å². The molecule has 6 rings (SSSR count). The Hall–Kier alpha value is -4.12. The molecule has 0 radical (unpaired) electrons. The van der Waals surface area contributed by atoms with Gasteiger partial charge in [-0.3, -0.25) is 0 Å². The van der Waals surface area contributed by atoms with Crippen molar-refractivity contribution < 1.29 is 13.9 Å². The molecule has 0 aromatic heterocycles. The first kappa shape index (κ1) is 20.5. The molecule has 0 aliphatic carbocycles. The van der Waals surface area contributed by atoms with Gasteiger partial charge in [-0.25, -0.2) is 9.40 Å². The fourth-order valence-corrected chi connectivity index (χ4v) is 4.57. The molecule has 4 aromatic carbocycles. The summed E-state index contributed by atoms with van der Waals surface area (Å²) in [6.45, 7) is 0.498. The van der Waals surface area contributed by atoms with Crippen LogP contribution >= 0.6 is 0 Å². The smallest absolute Gasteiger partial charge is 0.214 e. The molecule has 2 heterocycles. The van der Waals surface area contributed by atoms with E-state index < -0.39 is 6.23 Å². The number of hydrogen-bond acceptors (Lipinski definition) is 4. The van der Waals surface area contributed by atoms with Crippen LogP contribution in [0.1, 0.15) is 40.9 Å². The number of ether oxygens (including phenoxy) is 2. The highest BCUT2D eigenvalue weighted by atomic mass is 19.1. The summed E-state index contributed by atoms with van der Waals surface area (Å²) in [6.07, 6.45) is 0.338. The van der Waals surface area contributed by atoms with Crippen LogP contribution in [0.15, 0.2) is 108 Å². The van der Waals surface area contributed by atoms with Crippen LogP contribution in [0.3, 0.4) is 0 Å². The van der Waals surface area contributed by atoms with Crippen molar-refractivity contribution in [2.24, 2.45) is 5.10 Å². The minimum absolute atomic E-state index is 0.0453. The van der Waals surface area contributed by atoms with Crippen molar-refractivity contribution in [3.8, 4) is 11.5 Å². The third-order valence-corrected chi connectivity index (χ3v) is 6.27. The lowest BCUT2D eigenvalue weighted by Crippen LogP contribution is -2.33. The Bertz CT molecular complexity index is 1340. The molecule has 0 fully saturated rings. The molecule has 2 atom stereocenters. The summed E-state index contributed by atoms with van der Waals surface area (Å²) < 4.78 is 26.0. The highest BCUT2D eigenvalue weighted by Crippen LogP contribution is 2.47. The maximum atomic E-state index is 13.5. The standard InChI is InChI=1S/C29H23FN2O2/c30-23-15-13-21(14-16-23)26-18-27-25-11-4-5-12-28(25)34-29(32(27)31-26)22-9-6-10-24(17-22)33-19-20-7-2-1-3-8-20/h1-17,27,29H,18-19H2/t27-,29-/m1/s1. The Morgan fingerprint density at radius 3 is 2.53 bits per heavy atom. The fourth-order valence-electron chi connectivity index (χ4n) is 4.57. The molecule has 2 aliphatic rings. The van der Waals surface area contributed by atoms with E-state index >= 15 is 0 Å². The zero-order valence-electron chi connectivity index (χ0n) is 18.5. The van der Waals surface area contributed by atoms with Gasteiger partial charge >= 0.3 is 0 Å². The van der Waals surface area contributed by atoms with Gasteiger partial charge in [0.15, 0.2) is 0 Å². The predicted molar refractivity (Wildman–Crippen MR) is 129 cm³/mol. The summed E-state index contributed by atoms with van der Waals surface area (Å²) in [5, 5.41) is 6.98. The minimum Gasteiger partial charge on any atom is -0.489 e. The Balaban J connectivity index is 1.32. The van der Waals surface area contributed by atoms with Crippen LogP contribution < -0.4 is 9.47 Å². The summed E-state index contributed by atoms with van der Waals surface area (Å²) in [4.78, 5) is 0. The van der Waals surface area contributed by atoms with Crippen LogP contribution in [-0.4, -0.2) is 10.7 Å². The third-order valence-electron chi connectivity index (χ3n) is 6.27. The van der Waals surface area contributed by atoms with Crippen molar-refractivity contribution in [3.05, 3.63) is 131 Å². The molecule has 4 aromatic rings. The number of nitrogens with zero attached hydrogens (tertiary/aromatic N) is 2. The van der Waals surface area contributed by atoms with Gasteiger partial charge in [-0.2, -0.15) is 5.10 Å². The number of fused-ring (bicyclic) bond motifs is 3. The largest absolute Gasteiger partial charge is 0.489 e. The van der Waals surface area contributed by atoms with Crippen molar-refractivity contribution in [2.45, 2.75) is 25.3 Å². The third kappa shape index (κ3) is 3.90. The van der Waals surface area contributed by atoms with Crippen molar-refractivity contribution >= 4 is 5.71 Å². The van der Waals surface area contributed by atoms with Gasteiger partial charge in [0.05, 0.1) is 11.8 Å². The first-order valence-corrected chi connectivity index (χ1v) is 11.4. The quantitative estimate of drug-likeness (QED) is 0.342. The summed E-state index contributed by atoms with van der Waals surface area (Å²) in [6, 6.07) is 32.8. The molecular formula is C29H23FN2O2. The molecule has 0 saturated carbocycles. The number of halogens is 1. The van der Waals surface area contributed by atoms with E-state index in [2.05, 4.69) is 6.07 Å². The lowest BCUT2D eigenvalue weighted by Gasteiger charge is -2.38. The van der Waals surface area contributed by atoms with Crippen molar-refractivity contribution in [1.29, 1.82) is 0 Å². The molecule has 0 saturated heterocycles. The number of para-hydroxylation sites is 1. The maximum Gasteiger partial charge on any atom is 0.214 e. The average molecular weight is 451 g/mol. The van der Waals surface area contributed by atoms with Gasteiger partial charge < -0.3 is 9.47 Å². The van der Waals surface area contributed by atoms with Crippen molar-refractivity contribution in [1.82, 2.24) is 5.01 Å². The SMILES string of the molecule is Fc1ccc(C2=NN3[C@H](C2)c2ccccc2O[C@@H]3c2cccc(OCc3ccccc3)c2)cc1. The van der Waals surface area contributed by atoms with E-state index in [-0.39, 0.29) is 11.9 Å². The Morgan fingerprint density at radius 2 is 1.68 bits per heavy atom. The molecular weight excluding hydrogens is 427 g/mol. The van der Waals surface area contributed by atoms with Crippen LogP contribution in [0.2, 0.25) is 0 Å². The van der Waals surface area contributed by atoms with Gasteiger partial charge in [0.2, 0.25) is 6.23 Å². The minimum atomic E-state index is -0.391. The highest BCUT2D eigenvalue weighted by molar-refractivity contribution is 6.01. The molecule has 5 heteroatoms. The van der Waals surface area contributed by atoms with Crippen LogP contribution in [0.25, 0.3) is 0 Å². The Labute approximate surface area is 197 Å². The number of hydrazone groups is 1. The zero-order valence-corrected chi connectivity index (χ0v) is 18.5. The normalized spacial score (nSPS) is 18.5. The van der Waals surface area contributed by atoms with E-state index in [4.69, 9.17) is 14.6 Å². The molecule has 4 nitrogen and oxygen atoms in total. The Kier molecular flexibility index (Phi) is 5.22. The van der Waals surface area contributed by atoms with Gasteiger partial charge in [0, 0.05) is 17.5 Å². The molecule has 168 valence electrons. The molecule has 0 N–H and O–H groups in total. The Morgan fingerprint density at radius 1 is 0.882 bits per heavy atom. The maximum absolute atomic E-state index is 13.5. The summed E-state index contributed by atoms with van der Waals surface area (Å²) in [7, 11) is 0. The van der Waals surface area contributed by atoms with Gasteiger partial charge in [-0.1, -0.05) is 72.8 Å². The molecule has 0 unspecified atom stereocenters. The molecule has 0 spiro atoms.